The van der Waals surface area contributed by atoms with E-state index in [-0.39, 0.29) is 0 Å². The van der Waals surface area contributed by atoms with E-state index in [2.05, 4.69) is 27.0 Å². The van der Waals surface area contributed by atoms with Crippen LogP contribution in [0.15, 0.2) is 5.16 Å². The second kappa shape index (κ2) is 5.19. The van der Waals surface area contributed by atoms with Gasteiger partial charge < -0.3 is 9.88 Å². The normalized spacial score (nSPS) is 17.7. The van der Waals surface area contributed by atoms with Crippen molar-refractivity contribution < 1.29 is 0 Å². The van der Waals surface area contributed by atoms with Crippen LogP contribution in [0.5, 0.6) is 0 Å². The van der Waals surface area contributed by atoms with Crippen molar-refractivity contribution in [2.75, 3.05) is 12.3 Å². The van der Waals surface area contributed by atoms with Crippen molar-refractivity contribution in [3.05, 3.63) is 5.82 Å². The van der Waals surface area contributed by atoms with Crippen LogP contribution in [0.25, 0.3) is 0 Å². The molecular weight excluding hydrogens is 220 g/mol. The van der Waals surface area contributed by atoms with E-state index in [1.807, 2.05) is 25.7 Å². The minimum Gasteiger partial charge on any atom is -0.313 e. The summed E-state index contributed by atoms with van der Waals surface area (Å²) in [5, 5.41) is 12.8. The largest absolute Gasteiger partial charge is 0.313 e. The predicted molar refractivity (Wildman–Crippen MR) is 66.7 cm³/mol. The van der Waals surface area contributed by atoms with Gasteiger partial charge in [-0.3, -0.25) is 0 Å². The van der Waals surface area contributed by atoms with Crippen molar-refractivity contribution in [3.8, 4) is 0 Å². The first kappa shape index (κ1) is 11.9. The number of rotatable bonds is 6. The molecule has 1 heterocycles. The van der Waals surface area contributed by atoms with Gasteiger partial charge in [-0.15, -0.1) is 10.2 Å². The van der Waals surface area contributed by atoms with Crippen LogP contribution in [0.4, 0.5) is 0 Å². The fourth-order valence-corrected chi connectivity index (χ4v) is 2.94. The van der Waals surface area contributed by atoms with Gasteiger partial charge in [0.05, 0.1) is 0 Å². The molecule has 1 aliphatic rings. The highest BCUT2D eigenvalue weighted by Crippen LogP contribution is 2.34. The van der Waals surface area contributed by atoms with Crippen LogP contribution < -0.4 is 5.32 Å². The van der Waals surface area contributed by atoms with E-state index in [1.165, 1.54) is 12.8 Å². The Morgan fingerprint density at radius 1 is 1.50 bits per heavy atom. The quantitative estimate of drug-likeness (QED) is 0.767. The zero-order valence-corrected chi connectivity index (χ0v) is 11.0. The summed E-state index contributed by atoms with van der Waals surface area (Å²) in [5.74, 6) is 2.97. The number of hydrogen-bond acceptors (Lipinski definition) is 4. The number of aromatic nitrogens is 3. The van der Waals surface area contributed by atoms with Crippen molar-refractivity contribution >= 4 is 11.8 Å². The molecule has 1 unspecified atom stereocenters. The fourth-order valence-electron chi connectivity index (χ4n) is 1.80. The lowest BCUT2D eigenvalue weighted by molar-refractivity contribution is 0.519. The minimum atomic E-state index is 0.645. The second-order valence-corrected chi connectivity index (χ2v) is 5.39. The van der Waals surface area contributed by atoms with Gasteiger partial charge in [0.2, 0.25) is 0 Å². The van der Waals surface area contributed by atoms with E-state index in [0.29, 0.717) is 6.04 Å². The van der Waals surface area contributed by atoms with Gasteiger partial charge in [-0.05, 0) is 32.2 Å². The maximum atomic E-state index is 4.18. The Morgan fingerprint density at radius 3 is 2.75 bits per heavy atom. The number of aryl methyl sites for hydroxylation is 1. The SMILES string of the molecule is CCNC(CSc1nnc(C)n1C)C1CC1. The van der Waals surface area contributed by atoms with Gasteiger partial charge in [0, 0.05) is 18.8 Å². The van der Waals surface area contributed by atoms with Crippen LogP contribution in [0.1, 0.15) is 25.6 Å². The molecule has 90 valence electrons. The van der Waals surface area contributed by atoms with Crippen LogP contribution in [0.3, 0.4) is 0 Å². The molecule has 0 aliphatic heterocycles. The smallest absolute Gasteiger partial charge is 0.190 e. The molecule has 1 aromatic rings. The Balaban J connectivity index is 1.87. The molecule has 1 atom stereocenters. The molecule has 2 rings (SSSR count). The topological polar surface area (TPSA) is 42.7 Å². The Kier molecular flexibility index (Phi) is 3.86. The molecule has 1 fully saturated rings. The number of nitrogens with one attached hydrogen (secondary N) is 1. The highest BCUT2D eigenvalue weighted by molar-refractivity contribution is 7.99. The van der Waals surface area contributed by atoms with E-state index < -0.39 is 0 Å². The summed E-state index contributed by atoms with van der Waals surface area (Å²) in [6.07, 6.45) is 2.77. The predicted octanol–water partition coefficient (Wildman–Crippen LogP) is 1.60. The highest BCUT2D eigenvalue weighted by Gasteiger charge is 2.30. The first-order valence-corrected chi connectivity index (χ1v) is 6.93. The molecule has 4 nitrogen and oxygen atoms in total. The third kappa shape index (κ3) is 2.77. The minimum absolute atomic E-state index is 0.645. The molecule has 0 radical (unpaired) electrons. The van der Waals surface area contributed by atoms with Gasteiger partial charge in [0.15, 0.2) is 5.16 Å². The van der Waals surface area contributed by atoms with Gasteiger partial charge in [-0.1, -0.05) is 18.7 Å². The molecule has 1 saturated carbocycles. The van der Waals surface area contributed by atoms with Crippen molar-refractivity contribution in [2.24, 2.45) is 13.0 Å². The first-order chi connectivity index (χ1) is 7.72. The standard InChI is InChI=1S/C11H20N4S/c1-4-12-10(9-5-6-9)7-16-11-14-13-8(2)15(11)3/h9-10,12H,4-7H2,1-3H3. The van der Waals surface area contributed by atoms with Gasteiger partial charge in [0.1, 0.15) is 5.82 Å². The van der Waals surface area contributed by atoms with Crippen molar-refractivity contribution in [3.63, 3.8) is 0 Å². The lowest BCUT2D eigenvalue weighted by Crippen LogP contribution is -2.33. The highest BCUT2D eigenvalue weighted by atomic mass is 32.2. The van der Waals surface area contributed by atoms with Crippen molar-refractivity contribution in [1.82, 2.24) is 20.1 Å². The molecule has 0 bridgehead atoms. The van der Waals surface area contributed by atoms with Gasteiger partial charge in [-0.25, -0.2) is 0 Å². The average Bonchev–Trinajstić information content (AvgIpc) is 3.05. The monoisotopic (exact) mass is 240 g/mol. The molecular formula is C11H20N4S. The molecule has 5 heteroatoms. The third-order valence-electron chi connectivity index (χ3n) is 3.10. The third-order valence-corrected chi connectivity index (χ3v) is 4.24. The molecule has 0 spiro atoms. The Bertz CT molecular complexity index is 346. The average molecular weight is 240 g/mol. The van der Waals surface area contributed by atoms with Gasteiger partial charge in [0.25, 0.3) is 0 Å². The van der Waals surface area contributed by atoms with Crippen molar-refractivity contribution in [1.29, 1.82) is 0 Å². The van der Waals surface area contributed by atoms with E-state index in [1.54, 1.807) is 0 Å². The second-order valence-electron chi connectivity index (χ2n) is 4.40. The van der Waals surface area contributed by atoms with Crippen LogP contribution in [-0.2, 0) is 7.05 Å². The van der Waals surface area contributed by atoms with Crippen LogP contribution in [-0.4, -0.2) is 33.1 Å². The lowest BCUT2D eigenvalue weighted by atomic mass is 10.2. The lowest BCUT2D eigenvalue weighted by Gasteiger charge is -2.16. The van der Waals surface area contributed by atoms with Gasteiger partial charge >= 0.3 is 0 Å². The first-order valence-electron chi connectivity index (χ1n) is 5.94. The maximum Gasteiger partial charge on any atom is 0.190 e. The molecule has 0 saturated heterocycles. The molecule has 1 N–H and O–H groups in total. The van der Waals surface area contributed by atoms with Crippen LogP contribution in [0.2, 0.25) is 0 Å². The van der Waals surface area contributed by atoms with Crippen LogP contribution >= 0.6 is 11.8 Å². The molecule has 16 heavy (non-hydrogen) atoms. The zero-order valence-electron chi connectivity index (χ0n) is 10.2. The Morgan fingerprint density at radius 2 is 2.25 bits per heavy atom. The molecule has 0 aromatic carbocycles. The summed E-state index contributed by atoms with van der Waals surface area (Å²) in [6.45, 7) is 5.21. The molecule has 1 aromatic heterocycles. The maximum absolute atomic E-state index is 4.18. The van der Waals surface area contributed by atoms with Gasteiger partial charge in [-0.2, -0.15) is 0 Å². The summed E-state index contributed by atoms with van der Waals surface area (Å²) in [5.41, 5.74) is 0. The zero-order chi connectivity index (χ0) is 11.5. The summed E-state index contributed by atoms with van der Waals surface area (Å²) in [4.78, 5) is 0. The number of nitrogens with zero attached hydrogens (tertiary/aromatic N) is 3. The summed E-state index contributed by atoms with van der Waals surface area (Å²) in [7, 11) is 2.02. The Hall–Kier alpha value is -0.550. The number of thioether (sulfide) groups is 1. The van der Waals surface area contributed by atoms with E-state index in [0.717, 1.165) is 29.2 Å². The molecule has 1 aliphatic carbocycles. The number of hydrogen-bond donors (Lipinski definition) is 1. The summed E-state index contributed by atoms with van der Waals surface area (Å²) in [6, 6.07) is 0.645. The van der Waals surface area contributed by atoms with Crippen molar-refractivity contribution in [2.45, 2.75) is 37.9 Å². The fraction of sp³-hybridized carbons (Fsp3) is 0.818. The van der Waals surface area contributed by atoms with E-state index >= 15 is 0 Å². The van der Waals surface area contributed by atoms with E-state index in [9.17, 15) is 0 Å². The Labute approximate surface area is 101 Å². The summed E-state index contributed by atoms with van der Waals surface area (Å²) < 4.78 is 2.06. The summed E-state index contributed by atoms with van der Waals surface area (Å²) >= 11 is 1.81. The van der Waals surface area contributed by atoms with Crippen LogP contribution in [0, 0.1) is 12.8 Å². The van der Waals surface area contributed by atoms with E-state index in [4.69, 9.17) is 0 Å². The molecule has 0 amide bonds.